The third-order valence-electron chi connectivity index (χ3n) is 1.99. The summed E-state index contributed by atoms with van der Waals surface area (Å²) in [6.07, 6.45) is -5.28. The largest absolute Gasteiger partial charge is 0.573 e. The van der Waals surface area contributed by atoms with Crippen LogP contribution in [0.2, 0.25) is 0 Å². The number of benzene rings is 1. The molecule has 1 aliphatic heterocycles. The maximum Gasteiger partial charge on any atom is 0.573 e. The highest BCUT2D eigenvalue weighted by Crippen LogP contribution is 2.28. The predicted octanol–water partition coefficient (Wildman–Crippen LogP) is 2.63. The van der Waals surface area contributed by atoms with Crippen LogP contribution >= 0.6 is 0 Å². The van der Waals surface area contributed by atoms with Crippen molar-refractivity contribution in [3.63, 3.8) is 0 Å². The Hall–Kier alpha value is -1.27. The number of halogens is 3. The summed E-state index contributed by atoms with van der Waals surface area (Å²) in [5.74, 6) is -0.274. The molecule has 88 valence electrons. The number of hydrogen-bond acceptors (Lipinski definition) is 3. The van der Waals surface area contributed by atoms with Crippen molar-refractivity contribution in [1.82, 2.24) is 0 Å². The minimum Gasteiger partial charge on any atom is -0.406 e. The second-order valence-electron chi connectivity index (χ2n) is 3.19. The lowest BCUT2D eigenvalue weighted by Crippen LogP contribution is -2.17. The standard InChI is InChI=1S/C10H9F3O3/c11-10(12,13)16-8-3-1-2-7(6-8)9-14-4-5-15-9/h1-3,6,9H,4-5H2. The Morgan fingerprint density at radius 1 is 1.19 bits per heavy atom. The van der Waals surface area contributed by atoms with Crippen LogP contribution in [0.15, 0.2) is 24.3 Å². The minimum atomic E-state index is -4.68. The topological polar surface area (TPSA) is 27.7 Å². The Morgan fingerprint density at radius 2 is 1.88 bits per heavy atom. The fourth-order valence-corrected chi connectivity index (χ4v) is 1.41. The summed E-state index contributed by atoms with van der Waals surface area (Å²) in [5.41, 5.74) is 0.513. The van der Waals surface area contributed by atoms with Gasteiger partial charge in [-0.1, -0.05) is 12.1 Å². The predicted molar refractivity (Wildman–Crippen MR) is 47.8 cm³/mol. The second kappa shape index (κ2) is 4.31. The molecule has 1 fully saturated rings. The lowest BCUT2D eigenvalue weighted by Gasteiger charge is -2.12. The van der Waals surface area contributed by atoms with E-state index in [1.165, 1.54) is 18.2 Å². The molecule has 3 nitrogen and oxygen atoms in total. The van der Waals surface area contributed by atoms with Crippen LogP contribution in [0.5, 0.6) is 5.75 Å². The average Bonchev–Trinajstić information content (AvgIpc) is 2.68. The average molecular weight is 234 g/mol. The van der Waals surface area contributed by atoms with Gasteiger partial charge in [-0.15, -0.1) is 13.2 Å². The van der Waals surface area contributed by atoms with E-state index in [9.17, 15) is 13.2 Å². The lowest BCUT2D eigenvalue weighted by atomic mass is 10.2. The van der Waals surface area contributed by atoms with E-state index in [4.69, 9.17) is 9.47 Å². The zero-order chi connectivity index (χ0) is 11.6. The maximum absolute atomic E-state index is 12.0. The third-order valence-corrected chi connectivity index (χ3v) is 1.99. The molecule has 0 bridgehead atoms. The van der Waals surface area contributed by atoms with Crippen LogP contribution < -0.4 is 4.74 Å². The summed E-state index contributed by atoms with van der Waals surface area (Å²) in [4.78, 5) is 0. The van der Waals surface area contributed by atoms with Crippen molar-refractivity contribution in [3.8, 4) is 5.75 Å². The highest BCUT2D eigenvalue weighted by atomic mass is 19.4. The Bertz CT molecular complexity index is 359. The number of ether oxygens (including phenoxy) is 3. The summed E-state index contributed by atoms with van der Waals surface area (Å²) >= 11 is 0. The first kappa shape index (κ1) is 11.2. The molecule has 0 amide bonds. The molecule has 0 aromatic heterocycles. The van der Waals surface area contributed by atoms with Crippen molar-refractivity contribution in [2.45, 2.75) is 12.7 Å². The molecule has 1 saturated heterocycles. The van der Waals surface area contributed by atoms with Crippen molar-refractivity contribution < 1.29 is 27.4 Å². The Kier molecular flexibility index (Phi) is 3.02. The first-order valence-corrected chi connectivity index (χ1v) is 4.63. The normalized spacial score (nSPS) is 17.7. The molecule has 0 atom stereocenters. The van der Waals surface area contributed by atoms with E-state index in [0.29, 0.717) is 18.8 Å². The summed E-state index contributed by atoms with van der Waals surface area (Å²) in [5, 5.41) is 0. The van der Waals surface area contributed by atoms with Gasteiger partial charge in [-0.05, 0) is 12.1 Å². The minimum absolute atomic E-state index is 0.274. The van der Waals surface area contributed by atoms with Crippen LogP contribution in [0.1, 0.15) is 11.9 Å². The van der Waals surface area contributed by atoms with Crippen LogP contribution in [0, 0.1) is 0 Å². The molecule has 16 heavy (non-hydrogen) atoms. The molecule has 1 aliphatic rings. The van der Waals surface area contributed by atoms with Gasteiger partial charge in [-0.2, -0.15) is 0 Å². The van der Waals surface area contributed by atoms with Crippen LogP contribution in [0.25, 0.3) is 0 Å². The summed E-state index contributed by atoms with van der Waals surface area (Å²) in [6.45, 7) is 0.879. The van der Waals surface area contributed by atoms with Gasteiger partial charge in [0.15, 0.2) is 6.29 Å². The van der Waals surface area contributed by atoms with Gasteiger partial charge in [0.1, 0.15) is 5.75 Å². The van der Waals surface area contributed by atoms with Crippen LogP contribution in [0.3, 0.4) is 0 Å². The summed E-state index contributed by atoms with van der Waals surface area (Å²) in [6, 6.07) is 5.57. The number of hydrogen-bond donors (Lipinski definition) is 0. The first-order valence-electron chi connectivity index (χ1n) is 4.63. The molecule has 0 aliphatic carbocycles. The smallest absolute Gasteiger partial charge is 0.406 e. The Labute approximate surface area is 89.7 Å². The van der Waals surface area contributed by atoms with E-state index in [0.717, 1.165) is 0 Å². The fourth-order valence-electron chi connectivity index (χ4n) is 1.41. The molecule has 1 aromatic rings. The molecule has 0 spiro atoms. The van der Waals surface area contributed by atoms with Crippen molar-refractivity contribution in [2.75, 3.05) is 13.2 Å². The molecular formula is C10H9F3O3. The summed E-state index contributed by atoms with van der Waals surface area (Å²) in [7, 11) is 0. The van der Waals surface area contributed by atoms with Crippen molar-refractivity contribution in [1.29, 1.82) is 0 Å². The van der Waals surface area contributed by atoms with Gasteiger partial charge in [0.05, 0.1) is 13.2 Å². The van der Waals surface area contributed by atoms with Gasteiger partial charge >= 0.3 is 6.36 Å². The van der Waals surface area contributed by atoms with E-state index >= 15 is 0 Å². The van der Waals surface area contributed by atoms with Crippen LogP contribution in [-0.2, 0) is 9.47 Å². The van der Waals surface area contributed by atoms with E-state index in [2.05, 4.69) is 4.74 Å². The van der Waals surface area contributed by atoms with Crippen LogP contribution in [-0.4, -0.2) is 19.6 Å². The van der Waals surface area contributed by atoms with E-state index in [-0.39, 0.29) is 5.75 Å². The van der Waals surface area contributed by atoms with E-state index in [1.807, 2.05) is 0 Å². The number of rotatable bonds is 2. The molecule has 0 saturated carbocycles. The molecular weight excluding hydrogens is 225 g/mol. The second-order valence-corrected chi connectivity index (χ2v) is 3.19. The number of alkyl halides is 3. The van der Waals surface area contributed by atoms with E-state index in [1.54, 1.807) is 6.07 Å². The van der Waals surface area contributed by atoms with Gasteiger partial charge < -0.3 is 14.2 Å². The van der Waals surface area contributed by atoms with Gasteiger partial charge in [0.2, 0.25) is 0 Å². The van der Waals surface area contributed by atoms with Crippen LogP contribution in [0.4, 0.5) is 13.2 Å². The Balaban J connectivity index is 2.12. The van der Waals surface area contributed by atoms with Crippen molar-refractivity contribution >= 4 is 0 Å². The molecule has 0 N–H and O–H groups in total. The molecule has 0 unspecified atom stereocenters. The zero-order valence-electron chi connectivity index (χ0n) is 8.16. The lowest BCUT2D eigenvalue weighted by molar-refractivity contribution is -0.274. The highest BCUT2D eigenvalue weighted by Gasteiger charge is 2.31. The molecule has 0 radical (unpaired) electrons. The van der Waals surface area contributed by atoms with Gasteiger partial charge in [0, 0.05) is 5.56 Å². The van der Waals surface area contributed by atoms with Gasteiger partial charge in [0.25, 0.3) is 0 Å². The Morgan fingerprint density at radius 3 is 2.50 bits per heavy atom. The monoisotopic (exact) mass is 234 g/mol. The third kappa shape index (κ3) is 2.86. The highest BCUT2D eigenvalue weighted by molar-refractivity contribution is 5.29. The molecule has 6 heteroatoms. The molecule has 2 rings (SSSR count). The first-order chi connectivity index (χ1) is 7.54. The van der Waals surface area contributed by atoms with Crippen molar-refractivity contribution in [3.05, 3.63) is 29.8 Å². The fraction of sp³-hybridized carbons (Fsp3) is 0.400. The van der Waals surface area contributed by atoms with Crippen molar-refractivity contribution in [2.24, 2.45) is 0 Å². The maximum atomic E-state index is 12.0. The van der Waals surface area contributed by atoms with E-state index < -0.39 is 12.7 Å². The van der Waals surface area contributed by atoms with Gasteiger partial charge in [-0.3, -0.25) is 0 Å². The zero-order valence-corrected chi connectivity index (χ0v) is 8.16. The quantitative estimate of drug-likeness (QED) is 0.787. The SMILES string of the molecule is FC(F)(F)Oc1cccc(C2OCCO2)c1. The van der Waals surface area contributed by atoms with Gasteiger partial charge in [-0.25, -0.2) is 0 Å². The summed E-state index contributed by atoms with van der Waals surface area (Å²) < 4.78 is 50.0. The molecule has 1 heterocycles. The molecule has 1 aromatic carbocycles.